The van der Waals surface area contributed by atoms with Gasteiger partial charge in [0.05, 0.1) is 23.0 Å². The Morgan fingerprint density at radius 2 is 1.62 bits per heavy atom. The summed E-state index contributed by atoms with van der Waals surface area (Å²) in [7, 11) is 0. The molecule has 0 aliphatic heterocycles. The van der Waals surface area contributed by atoms with E-state index in [1.807, 2.05) is 0 Å². The van der Waals surface area contributed by atoms with Crippen LogP contribution in [0.5, 0.6) is 0 Å². The molecule has 0 aliphatic rings. The molecule has 10 heteroatoms. The molecular formula is C22H20ClF3N4O2. The van der Waals surface area contributed by atoms with Crippen molar-refractivity contribution in [3.05, 3.63) is 88.2 Å². The van der Waals surface area contributed by atoms with Crippen molar-refractivity contribution in [3.63, 3.8) is 0 Å². The van der Waals surface area contributed by atoms with Gasteiger partial charge in [0, 0.05) is 22.9 Å². The number of nitrogens with two attached hydrogens (primary N) is 2. The fourth-order valence-electron chi connectivity index (χ4n) is 2.47. The Bertz CT molecular complexity index is 1090. The highest BCUT2D eigenvalue weighted by Gasteiger charge is 2.31. The Hall–Kier alpha value is -3.59. The first kappa shape index (κ1) is 24.7. The minimum Gasteiger partial charge on any atom is -0.400 e. The lowest BCUT2D eigenvalue weighted by molar-refractivity contribution is -0.112. The van der Waals surface area contributed by atoms with Gasteiger partial charge in [0.2, 0.25) is 0 Å². The Morgan fingerprint density at radius 3 is 2.19 bits per heavy atom. The molecule has 2 aromatic carbocycles. The molecule has 5 N–H and O–H groups in total. The highest BCUT2D eigenvalue weighted by molar-refractivity contribution is 6.33. The summed E-state index contributed by atoms with van der Waals surface area (Å²) >= 11 is 6.07. The molecule has 6 nitrogen and oxygen atoms in total. The van der Waals surface area contributed by atoms with Crippen LogP contribution in [0.1, 0.15) is 22.8 Å². The zero-order valence-corrected chi connectivity index (χ0v) is 17.7. The van der Waals surface area contributed by atoms with Crippen molar-refractivity contribution in [2.45, 2.75) is 13.1 Å². The van der Waals surface area contributed by atoms with Gasteiger partial charge < -0.3 is 16.8 Å². The lowest BCUT2D eigenvalue weighted by Crippen LogP contribution is -2.28. The standard InChI is InChI=1S/C22H20ClF3N4O2/c1-13(31)10-16(27)12-29-21(32)15-8-6-14(7-9-15)19(11-20(28)22(24,25)26)30-18-5-3-2-4-17(18)23/h2-11H,12,27-28H2,1H3,(H,29,32)/b16-10-,20-11-,30-19?. The van der Waals surface area contributed by atoms with Gasteiger partial charge in [0.15, 0.2) is 5.78 Å². The van der Waals surface area contributed by atoms with E-state index in [0.29, 0.717) is 6.08 Å². The summed E-state index contributed by atoms with van der Waals surface area (Å²) in [4.78, 5) is 27.5. The van der Waals surface area contributed by atoms with Crippen LogP contribution in [-0.2, 0) is 4.79 Å². The first-order valence-electron chi connectivity index (χ1n) is 9.20. The summed E-state index contributed by atoms with van der Waals surface area (Å²) < 4.78 is 38.9. The van der Waals surface area contributed by atoms with Crippen molar-refractivity contribution in [2.75, 3.05) is 6.54 Å². The van der Waals surface area contributed by atoms with Crippen LogP contribution in [0.25, 0.3) is 0 Å². The number of nitrogens with one attached hydrogen (secondary N) is 1. The Morgan fingerprint density at radius 1 is 1.03 bits per heavy atom. The summed E-state index contributed by atoms with van der Waals surface area (Å²) in [6.07, 6.45) is -2.85. The van der Waals surface area contributed by atoms with E-state index >= 15 is 0 Å². The lowest BCUT2D eigenvalue weighted by Gasteiger charge is -2.10. The Kier molecular flexibility index (Phi) is 8.20. The van der Waals surface area contributed by atoms with Crippen LogP contribution in [0.4, 0.5) is 18.9 Å². The predicted molar refractivity (Wildman–Crippen MR) is 118 cm³/mol. The second-order valence-electron chi connectivity index (χ2n) is 6.64. The van der Waals surface area contributed by atoms with Crippen molar-refractivity contribution >= 4 is 34.7 Å². The monoisotopic (exact) mass is 464 g/mol. The molecule has 0 unspecified atom stereocenters. The number of nitrogens with zero attached hydrogens (tertiary/aromatic N) is 1. The zero-order chi connectivity index (χ0) is 23.9. The van der Waals surface area contributed by atoms with Crippen LogP contribution in [0.15, 0.2) is 77.1 Å². The highest BCUT2D eigenvalue weighted by atomic mass is 35.5. The number of rotatable bonds is 7. The first-order chi connectivity index (χ1) is 15.0. The van der Waals surface area contributed by atoms with Crippen molar-refractivity contribution < 1.29 is 22.8 Å². The van der Waals surface area contributed by atoms with Gasteiger partial charge >= 0.3 is 6.18 Å². The Labute approximate surface area is 187 Å². The molecule has 0 atom stereocenters. The van der Waals surface area contributed by atoms with E-state index in [1.165, 1.54) is 37.3 Å². The van der Waals surface area contributed by atoms with Crippen LogP contribution in [0, 0.1) is 0 Å². The zero-order valence-electron chi connectivity index (χ0n) is 16.9. The lowest BCUT2D eigenvalue weighted by atomic mass is 10.1. The normalized spacial score (nSPS) is 13.1. The molecule has 0 radical (unpaired) electrons. The van der Waals surface area contributed by atoms with Crippen molar-refractivity contribution in [2.24, 2.45) is 16.5 Å². The predicted octanol–water partition coefficient (Wildman–Crippen LogP) is 4.03. The number of benzene rings is 2. The third-order valence-electron chi connectivity index (χ3n) is 4.00. The van der Waals surface area contributed by atoms with Gasteiger partial charge in [0.25, 0.3) is 5.91 Å². The average Bonchev–Trinajstić information content (AvgIpc) is 2.72. The van der Waals surface area contributed by atoms with Gasteiger partial charge in [0.1, 0.15) is 5.70 Å². The minimum absolute atomic E-state index is 0.0375. The average molecular weight is 465 g/mol. The largest absolute Gasteiger partial charge is 0.430 e. The number of amides is 1. The number of carbonyl (C=O) groups excluding carboxylic acids is 2. The molecule has 0 bridgehead atoms. The number of halogens is 4. The second-order valence-corrected chi connectivity index (χ2v) is 7.04. The third-order valence-corrected chi connectivity index (χ3v) is 4.32. The maximum Gasteiger partial charge on any atom is 0.430 e. The molecule has 2 rings (SSSR count). The van der Waals surface area contributed by atoms with Crippen LogP contribution in [-0.4, -0.2) is 30.1 Å². The summed E-state index contributed by atoms with van der Waals surface area (Å²) in [5, 5.41) is 2.79. The number of carbonyl (C=O) groups is 2. The fraction of sp³-hybridized carbons (Fsp3) is 0.136. The maximum absolute atomic E-state index is 13.0. The Balaban J connectivity index is 2.34. The number of hydrogen-bond donors (Lipinski definition) is 3. The molecule has 0 spiro atoms. The van der Waals surface area contributed by atoms with Crippen molar-refractivity contribution in [3.8, 4) is 0 Å². The fourth-order valence-corrected chi connectivity index (χ4v) is 2.65. The van der Waals surface area contributed by atoms with Crippen LogP contribution >= 0.6 is 11.6 Å². The molecule has 168 valence electrons. The summed E-state index contributed by atoms with van der Waals surface area (Å²) in [6, 6.07) is 12.1. The van der Waals surface area contributed by atoms with Crippen LogP contribution in [0.2, 0.25) is 5.02 Å². The minimum atomic E-state index is -4.74. The number of alkyl halides is 3. The molecule has 0 fully saturated rings. The quantitative estimate of drug-likeness (QED) is 0.424. The van der Waals surface area contributed by atoms with E-state index in [4.69, 9.17) is 23.1 Å². The van der Waals surface area contributed by atoms with Crippen LogP contribution in [0.3, 0.4) is 0 Å². The molecule has 0 aromatic heterocycles. The van der Waals surface area contributed by atoms with Gasteiger partial charge in [-0.1, -0.05) is 35.9 Å². The molecule has 0 saturated heterocycles. The SMILES string of the molecule is CC(=O)/C=C(\N)CNC(=O)c1ccc(C(/C=C(\N)C(F)(F)F)=Nc2ccccc2Cl)cc1. The highest BCUT2D eigenvalue weighted by Crippen LogP contribution is 2.27. The van der Waals surface area contributed by atoms with Gasteiger partial charge in [-0.05, 0) is 37.3 Å². The van der Waals surface area contributed by atoms with E-state index in [9.17, 15) is 22.8 Å². The number of aliphatic imine (C=N–C) groups is 1. The van der Waals surface area contributed by atoms with Gasteiger partial charge in [-0.15, -0.1) is 0 Å². The van der Waals surface area contributed by atoms with E-state index in [0.717, 1.165) is 0 Å². The van der Waals surface area contributed by atoms with E-state index < -0.39 is 17.8 Å². The molecule has 0 saturated carbocycles. The topological polar surface area (TPSA) is 111 Å². The molecule has 32 heavy (non-hydrogen) atoms. The summed E-state index contributed by atoms with van der Waals surface area (Å²) in [5.74, 6) is -0.732. The van der Waals surface area contributed by atoms with Gasteiger partial charge in [-0.2, -0.15) is 13.2 Å². The van der Waals surface area contributed by atoms with Crippen molar-refractivity contribution in [1.82, 2.24) is 5.32 Å². The molecule has 1 amide bonds. The number of hydrogen-bond acceptors (Lipinski definition) is 5. The van der Waals surface area contributed by atoms with Crippen LogP contribution < -0.4 is 16.8 Å². The van der Waals surface area contributed by atoms with E-state index in [-0.39, 0.29) is 45.6 Å². The number of allylic oxidation sites excluding steroid dienone is 3. The smallest absolute Gasteiger partial charge is 0.400 e. The second kappa shape index (κ2) is 10.6. The molecule has 2 aromatic rings. The maximum atomic E-state index is 13.0. The van der Waals surface area contributed by atoms with E-state index in [2.05, 4.69) is 10.3 Å². The first-order valence-corrected chi connectivity index (χ1v) is 9.58. The molecule has 0 aliphatic carbocycles. The summed E-state index contributed by atoms with van der Waals surface area (Å²) in [5.41, 5.74) is 10.3. The van der Waals surface area contributed by atoms with Gasteiger partial charge in [-0.25, -0.2) is 4.99 Å². The number of para-hydroxylation sites is 1. The molecule has 0 heterocycles. The molecular weight excluding hydrogens is 445 g/mol. The van der Waals surface area contributed by atoms with E-state index in [1.54, 1.807) is 24.3 Å². The van der Waals surface area contributed by atoms with Crippen molar-refractivity contribution in [1.29, 1.82) is 0 Å². The number of ketones is 1. The third kappa shape index (κ3) is 7.28. The summed E-state index contributed by atoms with van der Waals surface area (Å²) in [6.45, 7) is 1.29. The van der Waals surface area contributed by atoms with Gasteiger partial charge in [-0.3, -0.25) is 9.59 Å².